The van der Waals surface area contributed by atoms with Gasteiger partial charge in [0.15, 0.2) is 11.5 Å². The minimum absolute atomic E-state index is 0.0862. The van der Waals surface area contributed by atoms with Crippen molar-refractivity contribution in [3.05, 3.63) is 77.8 Å². The van der Waals surface area contributed by atoms with Crippen molar-refractivity contribution in [1.29, 1.82) is 0 Å². The fourth-order valence-corrected chi connectivity index (χ4v) is 4.34. The van der Waals surface area contributed by atoms with Crippen LogP contribution in [0.25, 0.3) is 0 Å². The Morgan fingerprint density at radius 1 is 0.933 bits per heavy atom. The molecule has 3 aromatic carbocycles. The number of amides is 2. The molecule has 30 heavy (non-hydrogen) atoms. The van der Waals surface area contributed by atoms with E-state index in [-0.39, 0.29) is 12.1 Å². The third kappa shape index (κ3) is 3.57. The number of hydrogen-bond acceptors (Lipinski definition) is 3. The summed E-state index contributed by atoms with van der Waals surface area (Å²) >= 11 is 5.95. The van der Waals surface area contributed by atoms with Gasteiger partial charge in [0.1, 0.15) is 0 Å². The number of piperidine rings is 1. The molecule has 1 fully saturated rings. The number of benzene rings is 3. The number of carbonyl (C=O) groups excluding carboxylic acids is 1. The van der Waals surface area contributed by atoms with Crippen molar-refractivity contribution in [2.75, 3.05) is 23.3 Å². The van der Waals surface area contributed by atoms with Crippen LogP contribution >= 0.6 is 11.6 Å². The van der Waals surface area contributed by atoms with Gasteiger partial charge in [0, 0.05) is 23.8 Å². The van der Waals surface area contributed by atoms with Crippen molar-refractivity contribution >= 4 is 34.7 Å². The largest absolute Gasteiger partial charge is 0.453 e. The SMILES string of the molecule is O=C(Nc1ccc(Cl)cc1)N1CCCC(N2c3ccccc3Oc3ccccc32)C1. The van der Waals surface area contributed by atoms with Crippen LogP contribution in [-0.2, 0) is 0 Å². The van der Waals surface area contributed by atoms with Crippen molar-refractivity contribution in [2.24, 2.45) is 0 Å². The van der Waals surface area contributed by atoms with Crippen molar-refractivity contribution in [3.8, 4) is 11.5 Å². The van der Waals surface area contributed by atoms with E-state index in [0.29, 0.717) is 11.6 Å². The predicted molar refractivity (Wildman–Crippen MR) is 120 cm³/mol. The Morgan fingerprint density at radius 3 is 2.23 bits per heavy atom. The van der Waals surface area contributed by atoms with Crippen LogP contribution in [0.5, 0.6) is 11.5 Å². The monoisotopic (exact) mass is 419 g/mol. The number of nitrogens with one attached hydrogen (secondary N) is 1. The molecule has 0 aliphatic carbocycles. The number of hydrogen-bond donors (Lipinski definition) is 1. The van der Waals surface area contributed by atoms with E-state index < -0.39 is 0 Å². The molecule has 2 aliphatic heterocycles. The Labute approximate surface area is 180 Å². The third-order valence-corrected chi connectivity index (χ3v) is 5.87. The molecule has 152 valence electrons. The maximum absolute atomic E-state index is 12.9. The zero-order valence-electron chi connectivity index (χ0n) is 16.4. The second-order valence-electron chi connectivity index (χ2n) is 7.59. The number of fused-ring (bicyclic) bond motifs is 2. The molecular formula is C24H22ClN3O2. The molecule has 0 spiro atoms. The quantitative estimate of drug-likeness (QED) is 0.531. The molecule has 0 bridgehead atoms. The highest BCUT2D eigenvalue weighted by Gasteiger charge is 2.33. The van der Waals surface area contributed by atoms with Crippen LogP contribution in [0.1, 0.15) is 12.8 Å². The fourth-order valence-electron chi connectivity index (χ4n) is 4.21. The van der Waals surface area contributed by atoms with Crippen molar-refractivity contribution in [2.45, 2.75) is 18.9 Å². The van der Waals surface area contributed by atoms with Gasteiger partial charge in [-0.3, -0.25) is 0 Å². The molecule has 5 nitrogen and oxygen atoms in total. The summed E-state index contributed by atoms with van der Waals surface area (Å²) in [5, 5.41) is 3.63. The van der Waals surface area contributed by atoms with Gasteiger partial charge in [0.2, 0.25) is 0 Å². The van der Waals surface area contributed by atoms with Gasteiger partial charge in [0.25, 0.3) is 0 Å². The van der Waals surface area contributed by atoms with E-state index in [1.54, 1.807) is 12.1 Å². The van der Waals surface area contributed by atoms with Gasteiger partial charge in [-0.15, -0.1) is 0 Å². The zero-order valence-corrected chi connectivity index (χ0v) is 17.2. The van der Waals surface area contributed by atoms with Gasteiger partial charge in [0.05, 0.1) is 17.4 Å². The highest BCUT2D eigenvalue weighted by atomic mass is 35.5. The lowest BCUT2D eigenvalue weighted by Gasteiger charge is -2.43. The maximum atomic E-state index is 12.9. The van der Waals surface area contributed by atoms with E-state index in [4.69, 9.17) is 16.3 Å². The molecule has 0 aromatic heterocycles. The van der Waals surface area contributed by atoms with Crippen molar-refractivity contribution in [1.82, 2.24) is 4.90 Å². The van der Waals surface area contributed by atoms with Crippen LogP contribution in [0.15, 0.2) is 72.8 Å². The van der Waals surface area contributed by atoms with Gasteiger partial charge in [-0.2, -0.15) is 0 Å². The van der Waals surface area contributed by atoms with Crippen LogP contribution in [0.4, 0.5) is 21.9 Å². The van der Waals surface area contributed by atoms with Gasteiger partial charge < -0.3 is 19.9 Å². The van der Waals surface area contributed by atoms with E-state index in [9.17, 15) is 4.79 Å². The van der Waals surface area contributed by atoms with Crippen molar-refractivity contribution < 1.29 is 9.53 Å². The molecule has 1 N–H and O–H groups in total. The fraction of sp³-hybridized carbons (Fsp3) is 0.208. The van der Waals surface area contributed by atoms with E-state index in [1.165, 1.54) is 0 Å². The highest BCUT2D eigenvalue weighted by molar-refractivity contribution is 6.30. The number of urea groups is 1. The number of nitrogens with zero attached hydrogens (tertiary/aromatic N) is 2. The maximum Gasteiger partial charge on any atom is 0.321 e. The van der Waals surface area contributed by atoms with Crippen LogP contribution in [-0.4, -0.2) is 30.1 Å². The molecule has 2 aliphatic rings. The summed E-state index contributed by atoms with van der Waals surface area (Å²) in [6.07, 6.45) is 1.95. The lowest BCUT2D eigenvalue weighted by molar-refractivity contribution is 0.192. The van der Waals surface area contributed by atoms with Crippen LogP contribution in [0.3, 0.4) is 0 Å². The Bertz CT molecular complexity index is 1020. The molecule has 0 saturated carbocycles. The van der Waals surface area contributed by atoms with E-state index in [0.717, 1.165) is 47.9 Å². The molecule has 1 saturated heterocycles. The van der Waals surface area contributed by atoms with Gasteiger partial charge >= 0.3 is 6.03 Å². The Morgan fingerprint density at radius 2 is 1.57 bits per heavy atom. The smallest absolute Gasteiger partial charge is 0.321 e. The Hall–Kier alpha value is -3.18. The van der Waals surface area contributed by atoms with E-state index in [2.05, 4.69) is 22.3 Å². The summed E-state index contributed by atoms with van der Waals surface area (Å²) < 4.78 is 6.12. The summed E-state index contributed by atoms with van der Waals surface area (Å²) in [4.78, 5) is 17.1. The number of para-hydroxylation sites is 4. The first-order chi connectivity index (χ1) is 14.7. The lowest BCUT2D eigenvalue weighted by atomic mass is 10.0. The first kappa shape index (κ1) is 18.8. The number of ether oxygens (including phenoxy) is 1. The van der Waals surface area contributed by atoms with Crippen molar-refractivity contribution in [3.63, 3.8) is 0 Å². The first-order valence-electron chi connectivity index (χ1n) is 10.2. The van der Waals surface area contributed by atoms with Crippen LogP contribution in [0, 0.1) is 0 Å². The molecule has 5 rings (SSSR count). The zero-order chi connectivity index (χ0) is 20.5. The summed E-state index contributed by atoms with van der Waals surface area (Å²) in [5.41, 5.74) is 2.83. The first-order valence-corrected chi connectivity index (χ1v) is 10.5. The second-order valence-corrected chi connectivity index (χ2v) is 8.02. The summed E-state index contributed by atoms with van der Waals surface area (Å²) in [5.74, 6) is 1.69. The standard InChI is InChI=1S/C24H22ClN3O2/c25-17-11-13-18(14-12-17)26-24(29)27-15-5-6-19(16-27)28-20-7-1-3-9-22(20)30-23-10-4-2-8-21(23)28/h1-4,7-14,19H,5-6,15-16H2,(H,26,29). The average molecular weight is 420 g/mol. The van der Waals surface area contributed by atoms with E-state index >= 15 is 0 Å². The molecular weight excluding hydrogens is 398 g/mol. The minimum atomic E-state index is -0.0862. The molecule has 6 heteroatoms. The van der Waals surface area contributed by atoms with Crippen LogP contribution < -0.4 is 15.0 Å². The Kier molecular flexibility index (Phi) is 4.97. The summed E-state index contributed by atoms with van der Waals surface area (Å²) in [6.45, 7) is 1.38. The molecule has 3 aromatic rings. The van der Waals surface area contributed by atoms with Crippen LogP contribution in [0.2, 0.25) is 5.02 Å². The number of carbonyl (C=O) groups is 1. The number of anilines is 3. The highest BCUT2D eigenvalue weighted by Crippen LogP contribution is 2.48. The van der Waals surface area contributed by atoms with E-state index in [1.807, 2.05) is 53.4 Å². The molecule has 2 amide bonds. The predicted octanol–water partition coefficient (Wildman–Crippen LogP) is 6.28. The third-order valence-electron chi connectivity index (χ3n) is 5.61. The molecule has 0 radical (unpaired) electrons. The number of likely N-dealkylation sites (tertiary alicyclic amines) is 1. The number of rotatable bonds is 2. The number of halogens is 1. The second kappa shape index (κ2) is 7.92. The molecule has 2 heterocycles. The topological polar surface area (TPSA) is 44.8 Å². The molecule has 1 unspecified atom stereocenters. The van der Waals surface area contributed by atoms with Gasteiger partial charge in [-0.1, -0.05) is 35.9 Å². The summed E-state index contributed by atoms with van der Waals surface area (Å²) in [6, 6.07) is 23.4. The lowest BCUT2D eigenvalue weighted by Crippen LogP contribution is -2.50. The minimum Gasteiger partial charge on any atom is -0.453 e. The summed E-state index contributed by atoms with van der Waals surface area (Å²) in [7, 11) is 0. The normalized spacial score (nSPS) is 17.6. The Balaban J connectivity index is 1.40. The molecule has 1 atom stereocenters. The van der Waals surface area contributed by atoms with Gasteiger partial charge in [-0.25, -0.2) is 4.79 Å². The average Bonchev–Trinajstić information content (AvgIpc) is 2.79. The van der Waals surface area contributed by atoms with Gasteiger partial charge in [-0.05, 0) is 61.4 Å².